The van der Waals surface area contributed by atoms with Crippen LogP contribution in [0.25, 0.3) is 0 Å². The van der Waals surface area contributed by atoms with Crippen molar-refractivity contribution >= 4 is 5.91 Å². The summed E-state index contributed by atoms with van der Waals surface area (Å²) < 4.78 is 0. The summed E-state index contributed by atoms with van der Waals surface area (Å²) in [6.45, 7) is 11.3. The summed E-state index contributed by atoms with van der Waals surface area (Å²) in [4.78, 5) is 15.8. The highest BCUT2D eigenvalue weighted by molar-refractivity contribution is 5.83. The van der Waals surface area contributed by atoms with Gasteiger partial charge >= 0.3 is 0 Å². The maximum absolute atomic E-state index is 13.6. The molecule has 1 aliphatic heterocycles. The Kier molecular flexibility index (Phi) is 4.02. The fourth-order valence-electron chi connectivity index (χ4n) is 7.71. The summed E-state index contributed by atoms with van der Waals surface area (Å²) in [7, 11) is 0. The number of likely N-dealkylation sites (tertiary alicyclic amines) is 1. The molecule has 24 heavy (non-hydrogen) atoms. The normalized spacial score (nSPS) is 45.0. The number of carbonyl (C=O) groups excluding carboxylic acids is 1. The minimum absolute atomic E-state index is 0.00256. The van der Waals surface area contributed by atoms with E-state index in [4.69, 9.17) is 0 Å². The van der Waals surface area contributed by atoms with Crippen LogP contribution in [0.3, 0.4) is 0 Å². The topological polar surface area (TPSA) is 32.3 Å². The molecule has 0 aromatic rings. The van der Waals surface area contributed by atoms with Gasteiger partial charge in [-0.2, -0.15) is 0 Å². The summed E-state index contributed by atoms with van der Waals surface area (Å²) in [5, 5.41) is 3.48. The first kappa shape index (κ1) is 16.9. The number of rotatable bonds is 4. The first-order valence-electron chi connectivity index (χ1n) is 10.4. The van der Waals surface area contributed by atoms with E-state index in [1.807, 2.05) is 0 Å². The molecule has 4 aliphatic carbocycles. The molecular formula is C21H36N2O. The van der Waals surface area contributed by atoms with E-state index in [0.29, 0.717) is 16.7 Å². The van der Waals surface area contributed by atoms with E-state index in [-0.39, 0.29) is 5.41 Å². The second-order valence-electron chi connectivity index (χ2n) is 10.5. The molecule has 136 valence electrons. The molecule has 5 rings (SSSR count). The van der Waals surface area contributed by atoms with Gasteiger partial charge in [0.2, 0.25) is 5.91 Å². The molecule has 5 aliphatic rings. The molecule has 5 fully saturated rings. The van der Waals surface area contributed by atoms with Gasteiger partial charge in [0.1, 0.15) is 0 Å². The summed E-state index contributed by atoms with van der Waals surface area (Å²) in [5.41, 5.74) is 0.873. The van der Waals surface area contributed by atoms with Crippen LogP contribution in [-0.2, 0) is 4.79 Å². The molecular weight excluding hydrogens is 296 g/mol. The molecule has 0 aromatic carbocycles. The minimum Gasteiger partial charge on any atom is -0.342 e. The molecule has 0 aromatic heterocycles. The van der Waals surface area contributed by atoms with Gasteiger partial charge in [0.25, 0.3) is 0 Å². The van der Waals surface area contributed by atoms with Crippen molar-refractivity contribution in [3.8, 4) is 0 Å². The average Bonchev–Trinajstić information content (AvgIpc) is 2.49. The van der Waals surface area contributed by atoms with Gasteiger partial charge in [-0.15, -0.1) is 0 Å². The maximum atomic E-state index is 13.6. The molecule has 3 heteroatoms. The fourth-order valence-corrected chi connectivity index (χ4v) is 7.71. The van der Waals surface area contributed by atoms with E-state index in [2.05, 4.69) is 31.0 Å². The third-order valence-electron chi connectivity index (χ3n) is 7.66. The standard InChI is InChI=1S/C21H36N2O/c1-4-22-12-16-5-7-23(8-6-16)18(24)21-11-17-9-19(2,14-21)13-20(3,10-17)15-21/h16-17,22H,4-15H2,1-3H3. The number of hydrogen-bond acceptors (Lipinski definition) is 2. The predicted molar refractivity (Wildman–Crippen MR) is 97.7 cm³/mol. The number of hydrogen-bond donors (Lipinski definition) is 1. The molecule has 2 unspecified atom stereocenters. The van der Waals surface area contributed by atoms with Gasteiger partial charge in [0.15, 0.2) is 0 Å². The van der Waals surface area contributed by atoms with E-state index < -0.39 is 0 Å². The lowest BCUT2D eigenvalue weighted by molar-refractivity contribution is -0.180. The molecule has 1 saturated heterocycles. The lowest BCUT2D eigenvalue weighted by atomic mass is 9.40. The number of nitrogens with one attached hydrogen (secondary N) is 1. The van der Waals surface area contributed by atoms with Crippen LogP contribution in [0.5, 0.6) is 0 Å². The van der Waals surface area contributed by atoms with Gasteiger partial charge in [-0.3, -0.25) is 4.79 Å². The van der Waals surface area contributed by atoms with Crippen LogP contribution in [0.15, 0.2) is 0 Å². The van der Waals surface area contributed by atoms with Crippen molar-refractivity contribution in [3.63, 3.8) is 0 Å². The highest BCUT2D eigenvalue weighted by Gasteiger charge is 2.63. The largest absolute Gasteiger partial charge is 0.342 e. The van der Waals surface area contributed by atoms with Crippen LogP contribution in [0.4, 0.5) is 0 Å². The summed E-state index contributed by atoms with van der Waals surface area (Å²) in [6.07, 6.45) is 10.0. The first-order chi connectivity index (χ1) is 11.4. The SMILES string of the molecule is CCNCC1CCN(C(=O)C23CC4CC(C)(CC(C)(C4)C2)C3)CC1. The van der Waals surface area contributed by atoms with Crippen molar-refractivity contribution in [2.24, 2.45) is 28.1 Å². The van der Waals surface area contributed by atoms with Gasteiger partial charge in [-0.25, -0.2) is 0 Å². The van der Waals surface area contributed by atoms with Crippen molar-refractivity contribution in [2.45, 2.75) is 72.1 Å². The Morgan fingerprint density at radius 2 is 1.67 bits per heavy atom. The summed E-state index contributed by atoms with van der Waals surface area (Å²) in [5.74, 6) is 2.11. The maximum Gasteiger partial charge on any atom is 0.228 e. The summed E-state index contributed by atoms with van der Waals surface area (Å²) >= 11 is 0. The van der Waals surface area contributed by atoms with Crippen molar-refractivity contribution < 1.29 is 4.79 Å². The van der Waals surface area contributed by atoms with Crippen LogP contribution < -0.4 is 5.32 Å². The van der Waals surface area contributed by atoms with E-state index >= 15 is 0 Å². The van der Waals surface area contributed by atoms with Gasteiger partial charge < -0.3 is 10.2 Å². The Morgan fingerprint density at radius 1 is 1.04 bits per heavy atom. The second kappa shape index (κ2) is 5.72. The Balaban J connectivity index is 1.45. The number of carbonyl (C=O) groups is 1. The fraction of sp³-hybridized carbons (Fsp3) is 0.952. The minimum atomic E-state index is -0.00256. The third kappa shape index (κ3) is 2.81. The van der Waals surface area contributed by atoms with E-state index in [1.165, 1.54) is 51.4 Å². The summed E-state index contributed by atoms with van der Waals surface area (Å²) in [6, 6.07) is 0. The second-order valence-corrected chi connectivity index (χ2v) is 10.5. The van der Waals surface area contributed by atoms with Gasteiger partial charge in [0.05, 0.1) is 5.41 Å². The molecule has 3 nitrogen and oxygen atoms in total. The lowest BCUT2D eigenvalue weighted by Crippen LogP contribution is -2.61. The number of piperidine rings is 1. The highest BCUT2D eigenvalue weighted by atomic mass is 16.2. The van der Waals surface area contributed by atoms with Crippen molar-refractivity contribution in [1.82, 2.24) is 10.2 Å². The Morgan fingerprint density at radius 3 is 2.21 bits per heavy atom. The number of amides is 1. The zero-order valence-electron chi connectivity index (χ0n) is 16.0. The Bertz CT molecular complexity index is 490. The van der Waals surface area contributed by atoms with Crippen LogP contribution >= 0.6 is 0 Å². The first-order valence-corrected chi connectivity index (χ1v) is 10.4. The lowest BCUT2D eigenvalue weighted by Gasteiger charge is -2.65. The molecule has 1 amide bonds. The number of nitrogens with zero attached hydrogens (tertiary/aromatic N) is 1. The molecule has 4 saturated carbocycles. The quantitative estimate of drug-likeness (QED) is 0.848. The van der Waals surface area contributed by atoms with Crippen LogP contribution in [0.1, 0.15) is 72.1 Å². The van der Waals surface area contributed by atoms with Crippen molar-refractivity contribution in [2.75, 3.05) is 26.2 Å². The Labute approximate surface area is 147 Å². The van der Waals surface area contributed by atoms with Gasteiger partial charge in [-0.05, 0) is 87.1 Å². The molecule has 4 bridgehead atoms. The predicted octanol–water partition coefficient (Wildman–Crippen LogP) is 3.83. The van der Waals surface area contributed by atoms with Gasteiger partial charge in [-0.1, -0.05) is 20.8 Å². The van der Waals surface area contributed by atoms with E-state index in [9.17, 15) is 4.79 Å². The van der Waals surface area contributed by atoms with E-state index in [0.717, 1.165) is 38.0 Å². The van der Waals surface area contributed by atoms with E-state index in [1.54, 1.807) is 0 Å². The van der Waals surface area contributed by atoms with Gasteiger partial charge in [0, 0.05) is 13.1 Å². The van der Waals surface area contributed by atoms with Crippen molar-refractivity contribution in [3.05, 3.63) is 0 Å². The molecule has 1 heterocycles. The monoisotopic (exact) mass is 332 g/mol. The van der Waals surface area contributed by atoms with Crippen LogP contribution in [0, 0.1) is 28.1 Å². The zero-order chi connectivity index (χ0) is 17.0. The highest BCUT2D eigenvalue weighted by Crippen LogP contribution is 2.69. The zero-order valence-corrected chi connectivity index (χ0v) is 16.0. The smallest absolute Gasteiger partial charge is 0.228 e. The molecule has 0 radical (unpaired) electrons. The van der Waals surface area contributed by atoms with Crippen molar-refractivity contribution in [1.29, 1.82) is 0 Å². The average molecular weight is 333 g/mol. The van der Waals surface area contributed by atoms with Crippen LogP contribution in [-0.4, -0.2) is 37.0 Å². The third-order valence-corrected chi connectivity index (χ3v) is 7.66. The van der Waals surface area contributed by atoms with Crippen LogP contribution in [0.2, 0.25) is 0 Å². The molecule has 2 atom stereocenters. The molecule has 0 spiro atoms. The molecule has 1 N–H and O–H groups in total. The Hall–Kier alpha value is -0.570.